The largest absolute Gasteiger partial charge is 0.331 e. The van der Waals surface area contributed by atoms with Crippen LogP contribution >= 0.6 is 0 Å². The maximum atomic E-state index is 12.0. The Bertz CT molecular complexity index is 731. The van der Waals surface area contributed by atoms with Crippen molar-refractivity contribution in [1.29, 1.82) is 0 Å². The van der Waals surface area contributed by atoms with E-state index in [1.165, 1.54) is 0 Å². The highest BCUT2D eigenvalue weighted by Gasteiger charge is 2.17. The second-order valence-electron chi connectivity index (χ2n) is 5.50. The second-order valence-corrected chi connectivity index (χ2v) is 5.50. The third kappa shape index (κ3) is 3.66. The summed E-state index contributed by atoms with van der Waals surface area (Å²) in [5.74, 6) is 0.552. The molecule has 6 nitrogen and oxygen atoms in total. The van der Waals surface area contributed by atoms with Crippen molar-refractivity contribution in [3.8, 4) is 0 Å². The van der Waals surface area contributed by atoms with Gasteiger partial charge in [-0.05, 0) is 42.7 Å². The minimum atomic E-state index is -0.303. The zero-order valence-electron chi connectivity index (χ0n) is 12.8. The molecule has 23 heavy (non-hydrogen) atoms. The fourth-order valence-corrected chi connectivity index (χ4v) is 2.54. The third-order valence-corrected chi connectivity index (χ3v) is 3.78. The number of aryl methyl sites for hydroxylation is 1. The van der Waals surface area contributed by atoms with Gasteiger partial charge in [-0.3, -0.25) is 10.1 Å². The Labute approximate surface area is 134 Å². The molecule has 1 aliphatic heterocycles. The molecule has 1 atom stereocenters. The van der Waals surface area contributed by atoms with Gasteiger partial charge in [0.1, 0.15) is 5.82 Å². The standard InChI is InChI=1S/C17H18N4O2/c1-11(19-17(23)21-15-4-2-3-9-18-15)12-5-7-14-13(10-12)6-8-16(22)20-14/h2-5,7,9-11H,6,8H2,1H3,(H,20,22)(H2,18,19,21,23)/t11-/m0/s1. The van der Waals surface area contributed by atoms with Gasteiger partial charge in [0, 0.05) is 18.3 Å². The fourth-order valence-electron chi connectivity index (χ4n) is 2.54. The van der Waals surface area contributed by atoms with Crippen LogP contribution in [0.1, 0.15) is 30.5 Å². The molecule has 3 rings (SSSR count). The van der Waals surface area contributed by atoms with Crippen LogP contribution in [0, 0.1) is 0 Å². The van der Waals surface area contributed by atoms with Gasteiger partial charge in [-0.25, -0.2) is 9.78 Å². The molecule has 0 aliphatic carbocycles. The monoisotopic (exact) mass is 310 g/mol. The van der Waals surface area contributed by atoms with Crippen LogP contribution in [0.2, 0.25) is 0 Å². The number of urea groups is 1. The van der Waals surface area contributed by atoms with E-state index in [9.17, 15) is 9.59 Å². The summed E-state index contributed by atoms with van der Waals surface area (Å²) < 4.78 is 0. The van der Waals surface area contributed by atoms with Gasteiger partial charge in [-0.15, -0.1) is 0 Å². The van der Waals surface area contributed by atoms with Crippen molar-refractivity contribution >= 4 is 23.4 Å². The summed E-state index contributed by atoms with van der Waals surface area (Å²) in [5.41, 5.74) is 2.95. The van der Waals surface area contributed by atoms with Crippen molar-refractivity contribution in [1.82, 2.24) is 10.3 Å². The van der Waals surface area contributed by atoms with Gasteiger partial charge in [-0.2, -0.15) is 0 Å². The fraction of sp³-hybridized carbons (Fsp3) is 0.235. The predicted octanol–water partition coefficient (Wildman–Crippen LogP) is 2.85. The van der Waals surface area contributed by atoms with Crippen LogP contribution in [-0.4, -0.2) is 16.9 Å². The summed E-state index contributed by atoms with van der Waals surface area (Å²) in [4.78, 5) is 27.4. The van der Waals surface area contributed by atoms with Crippen LogP contribution in [-0.2, 0) is 11.2 Å². The topological polar surface area (TPSA) is 83.1 Å². The molecular formula is C17H18N4O2. The Balaban J connectivity index is 1.65. The van der Waals surface area contributed by atoms with E-state index in [2.05, 4.69) is 20.9 Å². The third-order valence-electron chi connectivity index (χ3n) is 3.78. The lowest BCUT2D eigenvalue weighted by Crippen LogP contribution is -2.31. The first-order valence-electron chi connectivity index (χ1n) is 7.53. The Morgan fingerprint density at radius 3 is 2.91 bits per heavy atom. The van der Waals surface area contributed by atoms with E-state index in [-0.39, 0.29) is 18.0 Å². The Hall–Kier alpha value is -2.89. The van der Waals surface area contributed by atoms with Gasteiger partial charge in [0.05, 0.1) is 6.04 Å². The number of hydrogen-bond acceptors (Lipinski definition) is 3. The van der Waals surface area contributed by atoms with Crippen molar-refractivity contribution in [2.45, 2.75) is 25.8 Å². The number of rotatable bonds is 3. The number of pyridine rings is 1. The Morgan fingerprint density at radius 1 is 1.26 bits per heavy atom. The number of nitrogens with zero attached hydrogens (tertiary/aromatic N) is 1. The summed E-state index contributed by atoms with van der Waals surface area (Å²) in [6, 6.07) is 10.7. The van der Waals surface area contributed by atoms with Crippen LogP contribution in [0.25, 0.3) is 0 Å². The lowest BCUT2D eigenvalue weighted by atomic mass is 9.98. The van der Waals surface area contributed by atoms with Crippen LogP contribution < -0.4 is 16.0 Å². The molecule has 6 heteroatoms. The summed E-state index contributed by atoms with van der Waals surface area (Å²) in [5, 5.41) is 8.43. The molecule has 0 spiro atoms. The number of benzene rings is 1. The van der Waals surface area contributed by atoms with Crippen LogP contribution in [0.4, 0.5) is 16.3 Å². The minimum absolute atomic E-state index is 0.0474. The first-order chi connectivity index (χ1) is 11.1. The van der Waals surface area contributed by atoms with Gasteiger partial charge in [0.15, 0.2) is 0 Å². The average Bonchev–Trinajstić information content (AvgIpc) is 2.55. The van der Waals surface area contributed by atoms with E-state index in [0.29, 0.717) is 12.2 Å². The molecule has 0 fully saturated rings. The van der Waals surface area contributed by atoms with E-state index in [0.717, 1.165) is 23.2 Å². The van der Waals surface area contributed by atoms with Crippen molar-refractivity contribution in [2.75, 3.05) is 10.6 Å². The lowest BCUT2D eigenvalue weighted by Gasteiger charge is -2.20. The summed E-state index contributed by atoms with van der Waals surface area (Å²) in [7, 11) is 0. The van der Waals surface area contributed by atoms with Crippen molar-refractivity contribution in [2.24, 2.45) is 0 Å². The summed E-state index contributed by atoms with van der Waals surface area (Å²) >= 11 is 0. The number of carbonyl (C=O) groups excluding carboxylic acids is 2. The van der Waals surface area contributed by atoms with Crippen LogP contribution in [0.5, 0.6) is 0 Å². The highest BCUT2D eigenvalue weighted by molar-refractivity contribution is 5.94. The van der Waals surface area contributed by atoms with E-state index in [1.807, 2.05) is 31.2 Å². The maximum absolute atomic E-state index is 12.0. The molecule has 0 radical (unpaired) electrons. The Kier molecular flexibility index (Phi) is 4.23. The first-order valence-corrected chi connectivity index (χ1v) is 7.53. The normalized spacial score (nSPS) is 14.4. The number of fused-ring (bicyclic) bond motifs is 1. The molecule has 1 aromatic heterocycles. The number of carbonyl (C=O) groups is 2. The Morgan fingerprint density at radius 2 is 2.13 bits per heavy atom. The predicted molar refractivity (Wildman–Crippen MR) is 88.2 cm³/mol. The number of anilines is 2. The number of aromatic nitrogens is 1. The molecule has 0 saturated carbocycles. The minimum Gasteiger partial charge on any atom is -0.331 e. The summed E-state index contributed by atoms with van der Waals surface area (Å²) in [6.07, 6.45) is 2.84. The molecule has 3 N–H and O–H groups in total. The van der Waals surface area contributed by atoms with Crippen LogP contribution in [0.15, 0.2) is 42.6 Å². The molecule has 0 saturated heterocycles. The molecular weight excluding hydrogens is 292 g/mol. The van der Waals surface area contributed by atoms with Gasteiger partial charge in [0.2, 0.25) is 5.91 Å². The highest BCUT2D eigenvalue weighted by atomic mass is 16.2. The van der Waals surface area contributed by atoms with Gasteiger partial charge >= 0.3 is 6.03 Å². The average molecular weight is 310 g/mol. The van der Waals surface area contributed by atoms with Crippen molar-refractivity contribution in [3.05, 3.63) is 53.7 Å². The SMILES string of the molecule is C[C@H](NC(=O)Nc1ccccn1)c1ccc2c(c1)CCC(=O)N2. The van der Waals surface area contributed by atoms with Crippen molar-refractivity contribution < 1.29 is 9.59 Å². The van der Waals surface area contributed by atoms with Crippen molar-refractivity contribution in [3.63, 3.8) is 0 Å². The van der Waals surface area contributed by atoms with Gasteiger partial charge < -0.3 is 10.6 Å². The number of amides is 3. The molecule has 0 bridgehead atoms. The second kappa shape index (κ2) is 6.48. The molecule has 0 unspecified atom stereocenters. The van der Waals surface area contributed by atoms with Gasteiger partial charge in [0.25, 0.3) is 0 Å². The maximum Gasteiger partial charge on any atom is 0.320 e. The van der Waals surface area contributed by atoms with Gasteiger partial charge in [-0.1, -0.05) is 18.2 Å². The molecule has 1 aliphatic rings. The molecule has 2 heterocycles. The first kappa shape index (κ1) is 15.0. The molecule has 118 valence electrons. The van der Waals surface area contributed by atoms with Crippen LogP contribution in [0.3, 0.4) is 0 Å². The number of nitrogens with one attached hydrogen (secondary N) is 3. The smallest absolute Gasteiger partial charge is 0.320 e. The zero-order chi connectivity index (χ0) is 16.2. The van der Waals surface area contributed by atoms with E-state index >= 15 is 0 Å². The molecule has 1 aromatic carbocycles. The number of hydrogen-bond donors (Lipinski definition) is 3. The van der Waals surface area contributed by atoms with E-state index in [1.54, 1.807) is 18.3 Å². The highest BCUT2D eigenvalue weighted by Crippen LogP contribution is 2.26. The molecule has 2 aromatic rings. The zero-order valence-corrected chi connectivity index (χ0v) is 12.8. The lowest BCUT2D eigenvalue weighted by molar-refractivity contribution is -0.116. The quantitative estimate of drug-likeness (QED) is 0.815. The summed E-state index contributed by atoms with van der Waals surface area (Å²) in [6.45, 7) is 1.92. The van der Waals surface area contributed by atoms with E-state index < -0.39 is 0 Å². The van der Waals surface area contributed by atoms with E-state index in [4.69, 9.17) is 0 Å². The molecule has 3 amide bonds.